The zero-order valence-corrected chi connectivity index (χ0v) is 14.6. The van der Waals surface area contributed by atoms with Gasteiger partial charge in [0.25, 0.3) is 5.91 Å². The number of carbonyl (C=O) groups excluding carboxylic acids is 2. The van der Waals surface area contributed by atoms with Crippen LogP contribution in [0.2, 0.25) is 0 Å². The summed E-state index contributed by atoms with van der Waals surface area (Å²) in [6, 6.07) is 9.83. The molecule has 0 atom stereocenters. The van der Waals surface area contributed by atoms with E-state index in [1.54, 1.807) is 6.07 Å². The molecule has 0 bridgehead atoms. The minimum absolute atomic E-state index is 0.0646. The van der Waals surface area contributed by atoms with E-state index in [1.165, 1.54) is 0 Å². The predicted octanol–water partition coefficient (Wildman–Crippen LogP) is 2.26. The number of hydrogen-bond donors (Lipinski definition) is 1. The number of likely N-dealkylation sites (N-methyl/N-ethyl adjacent to an activating group) is 1. The van der Waals surface area contributed by atoms with Crippen molar-refractivity contribution in [3.8, 4) is 0 Å². The summed E-state index contributed by atoms with van der Waals surface area (Å²) in [5, 5.41) is 6.88. The summed E-state index contributed by atoms with van der Waals surface area (Å²) in [7, 11) is 0. The number of rotatable bonds is 2. The van der Waals surface area contributed by atoms with Crippen molar-refractivity contribution < 1.29 is 9.59 Å². The van der Waals surface area contributed by atoms with E-state index in [4.69, 9.17) is 0 Å². The van der Waals surface area contributed by atoms with E-state index >= 15 is 0 Å². The summed E-state index contributed by atoms with van der Waals surface area (Å²) in [6.07, 6.45) is 1.32. The molecule has 1 fully saturated rings. The molecule has 4 rings (SSSR count). The Morgan fingerprint density at radius 1 is 1.28 bits per heavy atom. The molecule has 2 aliphatic rings. The van der Waals surface area contributed by atoms with Gasteiger partial charge >= 0.3 is 0 Å². The lowest BCUT2D eigenvalue weighted by atomic mass is 9.73. The Morgan fingerprint density at radius 3 is 2.64 bits per heavy atom. The van der Waals surface area contributed by atoms with Crippen LogP contribution in [-0.4, -0.2) is 46.5 Å². The van der Waals surface area contributed by atoms with Crippen molar-refractivity contribution in [3.63, 3.8) is 0 Å². The van der Waals surface area contributed by atoms with Gasteiger partial charge in [0.05, 0.1) is 5.41 Å². The monoisotopic (exact) mass is 338 g/mol. The van der Waals surface area contributed by atoms with Gasteiger partial charge in [0.2, 0.25) is 5.91 Å². The van der Waals surface area contributed by atoms with Crippen LogP contribution in [0.15, 0.2) is 30.3 Å². The lowest BCUT2D eigenvalue weighted by Gasteiger charge is -2.38. The molecule has 25 heavy (non-hydrogen) atoms. The first-order valence-electron chi connectivity index (χ1n) is 8.79. The normalized spacial score (nSPS) is 18.7. The summed E-state index contributed by atoms with van der Waals surface area (Å²) in [4.78, 5) is 29.4. The molecular formula is C19H22N4O2. The minimum Gasteiger partial charge on any atom is -0.337 e. The third-order valence-electron chi connectivity index (χ3n) is 5.51. The fourth-order valence-corrected chi connectivity index (χ4v) is 4.17. The van der Waals surface area contributed by atoms with Gasteiger partial charge < -0.3 is 9.80 Å². The SMILES string of the molecule is CCN1C(=O)C2(CCN(C(=O)c3cc(C)[nH]n3)CC2)c2ccccc21. The Labute approximate surface area is 146 Å². The van der Waals surface area contributed by atoms with Crippen molar-refractivity contribution in [1.29, 1.82) is 0 Å². The Kier molecular flexibility index (Phi) is 3.63. The van der Waals surface area contributed by atoms with Crippen LogP contribution in [0.5, 0.6) is 0 Å². The van der Waals surface area contributed by atoms with Crippen molar-refractivity contribution in [2.24, 2.45) is 0 Å². The molecule has 1 N–H and O–H groups in total. The van der Waals surface area contributed by atoms with Crippen LogP contribution in [0.3, 0.4) is 0 Å². The first-order valence-corrected chi connectivity index (χ1v) is 8.79. The number of aromatic amines is 1. The number of fused-ring (bicyclic) bond motifs is 2. The molecule has 2 amide bonds. The molecule has 130 valence electrons. The number of piperidine rings is 1. The lowest BCUT2D eigenvalue weighted by Crippen LogP contribution is -2.50. The summed E-state index contributed by atoms with van der Waals surface area (Å²) in [5.41, 5.74) is 2.98. The molecule has 6 nitrogen and oxygen atoms in total. The number of H-pyrrole nitrogens is 1. The van der Waals surface area contributed by atoms with Crippen LogP contribution in [-0.2, 0) is 10.2 Å². The van der Waals surface area contributed by atoms with Crippen LogP contribution in [0.4, 0.5) is 5.69 Å². The summed E-state index contributed by atoms with van der Waals surface area (Å²) >= 11 is 0. The highest BCUT2D eigenvalue weighted by Gasteiger charge is 2.51. The first kappa shape index (κ1) is 15.9. The van der Waals surface area contributed by atoms with E-state index < -0.39 is 5.41 Å². The van der Waals surface area contributed by atoms with Crippen LogP contribution >= 0.6 is 0 Å². The van der Waals surface area contributed by atoms with E-state index in [-0.39, 0.29) is 11.8 Å². The number of nitrogens with one attached hydrogen (secondary N) is 1. The third-order valence-corrected chi connectivity index (χ3v) is 5.51. The van der Waals surface area contributed by atoms with Gasteiger partial charge in [-0.15, -0.1) is 0 Å². The van der Waals surface area contributed by atoms with Crippen LogP contribution in [0, 0.1) is 6.92 Å². The summed E-state index contributed by atoms with van der Waals surface area (Å²) in [5.74, 6) is 0.115. The highest BCUT2D eigenvalue weighted by atomic mass is 16.2. The molecule has 6 heteroatoms. The van der Waals surface area contributed by atoms with Gasteiger partial charge in [-0.1, -0.05) is 18.2 Å². The molecule has 0 saturated carbocycles. The predicted molar refractivity (Wildman–Crippen MR) is 94.6 cm³/mol. The van der Waals surface area contributed by atoms with Gasteiger partial charge in [0.1, 0.15) is 5.69 Å². The molecule has 1 aromatic heterocycles. The van der Waals surface area contributed by atoms with Crippen molar-refractivity contribution in [3.05, 3.63) is 47.3 Å². The van der Waals surface area contributed by atoms with Gasteiger partial charge in [-0.25, -0.2) is 0 Å². The molecule has 2 aromatic rings. The van der Waals surface area contributed by atoms with E-state index in [0.717, 1.165) is 16.9 Å². The standard InChI is InChI=1S/C19H22N4O2/c1-3-23-16-7-5-4-6-14(16)19(18(23)25)8-10-22(11-9-19)17(24)15-12-13(2)20-21-15/h4-7,12H,3,8-11H2,1-2H3,(H,20,21). The number of aryl methyl sites for hydroxylation is 1. The quantitative estimate of drug-likeness (QED) is 0.913. The Balaban J connectivity index is 1.59. The number of anilines is 1. The molecule has 0 unspecified atom stereocenters. The number of aromatic nitrogens is 2. The average Bonchev–Trinajstić information content (AvgIpc) is 3.16. The summed E-state index contributed by atoms with van der Waals surface area (Å²) in [6.45, 7) is 5.70. The van der Waals surface area contributed by atoms with Crippen LogP contribution in [0.1, 0.15) is 41.5 Å². The number of hydrogen-bond acceptors (Lipinski definition) is 3. The van der Waals surface area contributed by atoms with Crippen LogP contribution in [0.25, 0.3) is 0 Å². The van der Waals surface area contributed by atoms with E-state index in [2.05, 4.69) is 16.3 Å². The van der Waals surface area contributed by atoms with Crippen molar-refractivity contribution >= 4 is 17.5 Å². The summed E-state index contributed by atoms with van der Waals surface area (Å²) < 4.78 is 0. The topological polar surface area (TPSA) is 69.3 Å². The highest BCUT2D eigenvalue weighted by Crippen LogP contribution is 2.47. The number of likely N-dealkylation sites (tertiary alicyclic amines) is 1. The van der Waals surface area contributed by atoms with E-state index in [9.17, 15) is 9.59 Å². The van der Waals surface area contributed by atoms with E-state index in [0.29, 0.717) is 38.2 Å². The van der Waals surface area contributed by atoms with Gasteiger partial charge in [-0.05, 0) is 44.4 Å². The molecular weight excluding hydrogens is 316 g/mol. The van der Waals surface area contributed by atoms with Crippen molar-refractivity contribution in [1.82, 2.24) is 15.1 Å². The van der Waals surface area contributed by atoms with Gasteiger partial charge in [-0.3, -0.25) is 14.7 Å². The fourth-order valence-electron chi connectivity index (χ4n) is 4.17. The fraction of sp³-hybridized carbons (Fsp3) is 0.421. The Bertz CT molecular complexity index is 833. The highest BCUT2D eigenvalue weighted by molar-refractivity contribution is 6.08. The largest absolute Gasteiger partial charge is 0.337 e. The maximum atomic E-state index is 13.1. The number of benzene rings is 1. The molecule has 2 aliphatic heterocycles. The van der Waals surface area contributed by atoms with Gasteiger partial charge in [0.15, 0.2) is 0 Å². The second-order valence-electron chi connectivity index (χ2n) is 6.88. The Hall–Kier alpha value is -2.63. The third kappa shape index (κ3) is 2.27. The molecule has 3 heterocycles. The van der Waals surface area contributed by atoms with Crippen molar-refractivity contribution in [2.75, 3.05) is 24.5 Å². The lowest BCUT2D eigenvalue weighted by molar-refractivity contribution is -0.124. The molecule has 1 saturated heterocycles. The maximum Gasteiger partial charge on any atom is 0.274 e. The van der Waals surface area contributed by atoms with Crippen LogP contribution < -0.4 is 4.90 Å². The molecule has 0 radical (unpaired) electrons. The maximum absolute atomic E-state index is 13.1. The molecule has 1 aromatic carbocycles. The number of nitrogens with zero attached hydrogens (tertiary/aromatic N) is 3. The number of amides is 2. The first-order chi connectivity index (χ1) is 12.1. The smallest absolute Gasteiger partial charge is 0.274 e. The molecule has 0 aliphatic carbocycles. The van der Waals surface area contributed by atoms with Crippen molar-refractivity contribution in [2.45, 2.75) is 32.1 Å². The van der Waals surface area contributed by atoms with E-state index in [1.807, 2.05) is 41.8 Å². The average molecular weight is 338 g/mol. The zero-order chi connectivity index (χ0) is 17.6. The second kappa shape index (κ2) is 5.72. The zero-order valence-electron chi connectivity index (χ0n) is 14.6. The minimum atomic E-state index is -0.481. The second-order valence-corrected chi connectivity index (χ2v) is 6.88. The Morgan fingerprint density at radius 2 is 2.00 bits per heavy atom. The number of carbonyl (C=O) groups is 2. The van der Waals surface area contributed by atoms with Gasteiger partial charge in [0, 0.05) is 31.0 Å². The molecule has 1 spiro atoms. The van der Waals surface area contributed by atoms with Gasteiger partial charge in [-0.2, -0.15) is 5.10 Å². The number of para-hydroxylation sites is 1.